The van der Waals surface area contributed by atoms with Gasteiger partial charge < -0.3 is 5.73 Å². The lowest BCUT2D eigenvalue weighted by atomic mass is 9.96. The van der Waals surface area contributed by atoms with E-state index in [4.69, 9.17) is 5.73 Å². The first-order valence-corrected chi connectivity index (χ1v) is 7.05. The molecule has 0 aromatic heterocycles. The average molecular weight is 217 g/mol. The van der Waals surface area contributed by atoms with Crippen molar-refractivity contribution in [2.75, 3.05) is 5.75 Å². The van der Waals surface area contributed by atoms with E-state index in [0.717, 1.165) is 16.9 Å². The van der Waals surface area contributed by atoms with Crippen LogP contribution in [0.25, 0.3) is 0 Å². The van der Waals surface area contributed by atoms with E-state index in [1.54, 1.807) is 0 Å². The molecule has 14 heavy (non-hydrogen) atoms. The van der Waals surface area contributed by atoms with Crippen LogP contribution in [0.15, 0.2) is 0 Å². The monoisotopic (exact) mass is 217 g/mol. The van der Waals surface area contributed by atoms with Crippen LogP contribution >= 0.6 is 11.8 Å². The van der Waals surface area contributed by atoms with Crippen LogP contribution in [-0.2, 0) is 0 Å². The number of thioether (sulfide) groups is 1. The quantitative estimate of drug-likeness (QED) is 0.671. The minimum absolute atomic E-state index is 0.402. The highest BCUT2D eigenvalue weighted by Gasteiger charge is 2.11. The molecule has 0 aliphatic rings. The molecule has 0 radical (unpaired) electrons. The lowest BCUT2D eigenvalue weighted by Crippen LogP contribution is -2.26. The molecule has 0 amide bonds. The maximum absolute atomic E-state index is 6.11. The Kier molecular flexibility index (Phi) is 8.80. The fraction of sp³-hybridized carbons (Fsp3) is 1.00. The van der Waals surface area contributed by atoms with Gasteiger partial charge in [0.2, 0.25) is 0 Å². The Labute approximate surface area is 94.2 Å². The first kappa shape index (κ1) is 14.3. The SMILES string of the molecule is CCC(CC)CC(N)CSC(C)CC. The largest absolute Gasteiger partial charge is 0.327 e. The van der Waals surface area contributed by atoms with Gasteiger partial charge in [-0.25, -0.2) is 0 Å². The Balaban J connectivity index is 3.58. The maximum atomic E-state index is 6.11. The Hall–Kier alpha value is 0.310. The van der Waals surface area contributed by atoms with E-state index >= 15 is 0 Å². The maximum Gasteiger partial charge on any atom is 0.0133 e. The molecule has 0 rings (SSSR count). The molecule has 1 nitrogen and oxygen atoms in total. The van der Waals surface area contributed by atoms with Crippen LogP contribution in [-0.4, -0.2) is 17.0 Å². The van der Waals surface area contributed by atoms with Crippen molar-refractivity contribution in [1.29, 1.82) is 0 Å². The van der Waals surface area contributed by atoms with Gasteiger partial charge in [-0.05, 0) is 18.8 Å². The van der Waals surface area contributed by atoms with Crippen molar-refractivity contribution in [2.24, 2.45) is 11.7 Å². The van der Waals surface area contributed by atoms with E-state index in [-0.39, 0.29) is 0 Å². The van der Waals surface area contributed by atoms with Crippen LogP contribution < -0.4 is 5.73 Å². The van der Waals surface area contributed by atoms with Gasteiger partial charge in [0, 0.05) is 17.0 Å². The van der Waals surface area contributed by atoms with Crippen LogP contribution in [0.1, 0.15) is 53.4 Å². The van der Waals surface area contributed by atoms with E-state index in [2.05, 4.69) is 27.7 Å². The predicted octanol–water partition coefficient (Wildman–Crippen LogP) is 3.67. The van der Waals surface area contributed by atoms with Gasteiger partial charge in [0.05, 0.1) is 0 Å². The molecule has 2 heteroatoms. The molecule has 0 saturated heterocycles. The van der Waals surface area contributed by atoms with Gasteiger partial charge in [-0.3, -0.25) is 0 Å². The first-order chi connectivity index (χ1) is 6.63. The zero-order chi connectivity index (χ0) is 11.0. The molecule has 0 aromatic rings. The Morgan fingerprint density at radius 3 is 2.07 bits per heavy atom. The Morgan fingerprint density at radius 1 is 1.07 bits per heavy atom. The van der Waals surface area contributed by atoms with Crippen molar-refractivity contribution in [2.45, 2.75) is 64.7 Å². The topological polar surface area (TPSA) is 26.0 Å². The Morgan fingerprint density at radius 2 is 1.64 bits per heavy atom. The van der Waals surface area contributed by atoms with Crippen molar-refractivity contribution >= 4 is 11.8 Å². The van der Waals surface area contributed by atoms with Gasteiger partial charge in [0.1, 0.15) is 0 Å². The van der Waals surface area contributed by atoms with E-state index in [0.29, 0.717) is 6.04 Å². The number of hydrogen-bond acceptors (Lipinski definition) is 2. The third-order valence-corrected chi connectivity index (χ3v) is 4.48. The first-order valence-electron chi connectivity index (χ1n) is 6.01. The summed E-state index contributed by atoms with van der Waals surface area (Å²) >= 11 is 2.02. The predicted molar refractivity (Wildman–Crippen MR) is 68.9 cm³/mol. The van der Waals surface area contributed by atoms with Crippen molar-refractivity contribution in [1.82, 2.24) is 0 Å². The van der Waals surface area contributed by atoms with Gasteiger partial charge in [-0.1, -0.05) is 40.5 Å². The van der Waals surface area contributed by atoms with Crippen LogP contribution in [0.5, 0.6) is 0 Å². The zero-order valence-electron chi connectivity index (χ0n) is 10.3. The summed E-state index contributed by atoms with van der Waals surface area (Å²) in [5.41, 5.74) is 6.11. The summed E-state index contributed by atoms with van der Waals surface area (Å²) in [6, 6.07) is 0.402. The molecule has 2 atom stereocenters. The number of nitrogens with two attached hydrogens (primary N) is 1. The molecule has 0 aliphatic carbocycles. The lowest BCUT2D eigenvalue weighted by molar-refractivity contribution is 0.423. The smallest absolute Gasteiger partial charge is 0.0133 e. The molecular formula is C12H27NS. The highest BCUT2D eigenvalue weighted by Crippen LogP contribution is 2.19. The van der Waals surface area contributed by atoms with Crippen LogP contribution in [0.2, 0.25) is 0 Å². The molecule has 0 saturated carbocycles. The number of rotatable bonds is 8. The summed E-state index contributed by atoms with van der Waals surface area (Å²) in [5.74, 6) is 1.97. The van der Waals surface area contributed by atoms with Gasteiger partial charge in [-0.15, -0.1) is 0 Å². The second-order valence-electron chi connectivity index (χ2n) is 4.23. The van der Waals surface area contributed by atoms with E-state index in [1.165, 1.54) is 25.7 Å². The van der Waals surface area contributed by atoms with Crippen molar-refractivity contribution in [3.63, 3.8) is 0 Å². The van der Waals surface area contributed by atoms with E-state index in [9.17, 15) is 0 Å². The molecule has 0 bridgehead atoms. The standard InChI is InChI=1S/C12H27NS/c1-5-10(4)14-9-12(13)8-11(6-2)7-3/h10-12H,5-9,13H2,1-4H3. The summed E-state index contributed by atoms with van der Waals surface area (Å²) < 4.78 is 0. The summed E-state index contributed by atoms with van der Waals surface area (Å²) in [6.07, 6.45) is 5.01. The van der Waals surface area contributed by atoms with Crippen molar-refractivity contribution in [3.05, 3.63) is 0 Å². The summed E-state index contributed by atoms with van der Waals surface area (Å²) in [6.45, 7) is 9.06. The van der Waals surface area contributed by atoms with Gasteiger partial charge in [-0.2, -0.15) is 11.8 Å². The molecule has 2 N–H and O–H groups in total. The van der Waals surface area contributed by atoms with E-state index in [1.807, 2.05) is 11.8 Å². The van der Waals surface area contributed by atoms with Crippen LogP contribution in [0, 0.1) is 5.92 Å². The fourth-order valence-electron chi connectivity index (χ4n) is 1.52. The third-order valence-electron chi connectivity index (χ3n) is 2.96. The molecule has 2 unspecified atom stereocenters. The van der Waals surface area contributed by atoms with E-state index < -0.39 is 0 Å². The second kappa shape index (κ2) is 8.60. The Bertz CT molecular complexity index is 123. The third kappa shape index (κ3) is 6.72. The fourth-order valence-corrected chi connectivity index (χ4v) is 2.47. The normalized spacial score (nSPS) is 15.9. The second-order valence-corrected chi connectivity index (χ2v) is 5.70. The van der Waals surface area contributed by atoms with Crippen molar-refractivity contribution < 1.29 is 0 Å². The molecule has 0 fully saturated rings. The van der Waals surface area contributed by atoms with Gasteiger partial charge in [0.15, 0.2) is 0 Å². The molecule has 0 spiro atoms. The van der Waals surface area contributed by atoms with Gasteiger partial charge in [0.25, 0.3) is 0 Å². The van der Waals surface area contributed by atoms with Crippen molar-refractivity contribution in [3.8, 4) is 0 Å². The summed E-state index contributed by atoms with van der Waals surface area (Å²) in [5, 5.41) is 0.766. The number of hydrogen-bond donors (Lipinski definition) is 1. The lowest BCUT2D eigenvalue weighted by Gasteiger charge is -2.19. The zero-order valence-corrected chi connectivity index (χ0v) is 11.1. The minimum Gasteiger partial charge on any atom is -0.327 e. The minimum atomic E-state index is 0.402. The average Bonchev–Trinajstić information content (AvgIpc) is 2.22. The molecule has 0 heterocycles. The molecular weight excluding hydrogens is 190 g/mol. The molecule has 0 aliphatic heterocycles. The summed E-state index contributed by atoms with van der Waals surface area (Å²) in [7, 11) is 0. The molecule has 86 valence electrons. The summed E-state index contributed by atoms with van der Waals surface area (Å²) in [4.78, 5) is 0. The highest BCUT2D eigenvalue weighted by molar-refractivity contribution is 7.99. The van der Waals surface area contributed by atoms with Gasteiger partial charge >= 0.3 is 0 Å². The highest BCUT2D eigenvalue weighted by atomic mass is 32.2. The van der Waals surface area contributed by atoms with Crippen LogP contribution in [0.3, 0.4) is 0 Å². The van der Waals surface area contributed by atoms with Crippen LogP contribution in [0.4, 0.5) is 0 Å². The molecule has 0 aromatic carbocycles.